The number of amides is 2. The second kappa shape index (κ2) is 13.0. The minimum Gasteiger partial charge on any atom is -0.481 e. The van der Waals surface area contributed by atoms with Crippen molar-refractivity contribution < 1.29 is 28.7 Å². The molecule has 10 heteroatoms. The Balaban J connectivity index is 1.21. The van der Waals surface area contributed by atoms with Crippen LogP contribution in [0.2, 0.25) is 0 Å². The van der Waals surface area contributed by atoms with Gasteiger partial charge in [-0.2, -0.15) is 0 Å². The number of halogens is 1. The third-order valence-corrected chi connectivity index (χ3v) is 9.95. The van der Waals surface area contributed by atoms with E-state index in [1.54, 1.807) is 66.7 Å². The topological polar surface area (TPSA) is 123 Å². The number of rotatable bonds is 11. The van der Waals surface area contributed by atoms with Gasteiger partial charge >= 0.3 is 5.97 Å². The molecule has 0 aliphatic carbocycles. The number of aromatic nitrogens is 1. The molecular weight excluding hydrogens is 642 g/mol. The third-order valence-electron chi connectivity index (χ3n) is 8.73. The predicted molar refractivity (Wildman–Crippen MR) is 187 cm³/mol. The van der Waals surface area contributed by atoms with Crippen molar-refractivity contribution in [3.8, 4) is 21.7 Å². The molecular formula is C39H30FN3O5S. The number of unbranched alkanes of at least 4 members (excludes halogenated alkanes) is 1. The Morgan fingerprint density at radius 2 is 1.45 bits per heavy atom. The number of carboxylic acids is 1. The molecule has 2 amide bonds. The normalized spacial score (nSPS) is 12.6. The average molecular weight is 672 g/mol. The summed E-state index contributed by atoms with van der Waals surface area (Å²) < 4.78 is 18.0. The summed E-state index contributed by atoms with van der Waals surface area (Å²) in [6, 6.07) is 29.5. The molecule has 0 spiro atoms. The molecule has 0 unspecified atom stereocenters. The van der Waals surface area contributed by atoms with Gasteiger partial charge in [0.1, 0.15) is 0 Å². The zero-order valence-electron chi connectivity index (χ0n) is 26.2. The number of anilines is 1. The van der Waals surface area contributed by atoms with Crippen LogP contribution in [0.5, 0.6) is 0 Å². The maximum absolute atomic E-state index is 16.2. The second-order valence-electron chi connectivity index (χ2n) is 11.9. The van der Waals surface area contributed by atoms with E-state index in [2.05, 4.69) is 0 Å². The zero-order valence-corrected chi connectivity index (χ0v) is 27.0. The van der Waals surface area contributed by atoms with Crippen molar-refractivity contribution in [2.75, 3.05) is 12.3 Å². The van der Waals surface area contributed by atoms with Gasteiger partial charge < -0.3 is 15.4 Å². The number of carbonyl (C=O) groups excluding carboxylic acids is 3. The molecule has 7 rings (SSSR count). The van der Waals surface area contributed by atoms with E-state index in [0.717, 1.165) is 5.56 Å². The minimum atomic E-state index is -1.02. The summed E-state index contributed by atoms with van der Waals surface area (Å²) >= 11 is 1.20. The minimum absolute atomic E-state index is 0.227. The first-order valence-corrected chi connectivity index (χ1v) is 16.6. The van der Waals surface area contributed by atoms with Gasteiger partial charge in [0.25, 0.3) is 11.8 Å². The van der Waals surface area contributed by atoms with Crippen molar-refractivity contribution in [2.24, 2.45) is 0 Å². The van der Waals surface area contributed by atoms with Crippen LogP contribution in [-0.2, 0) is 17.8 Å². The van der Waals surface area contributed by atoms with Crippen molar-refractivity contribution in [3.63, 3.8) is 0 Å². The maximum atomic E-state index is 16.2. The van der Waals surface area contributed by atoms with Crippen molar-refractivity contribution in [1.82, 2.24) is 9.47 Å². The molecule has 3 N–H and O–H groups in total. The lowest BCUT2D eigenvalue weighted by Gasteiger charge is -2.15. The molecule has 0 radical (unpaired) electrons. The van der Waals surface area contributed by atoms with Gasteiger partial charge in [0.2, 0.25) is 5.78 Å². The number of carbonyl (C=O) groups is 4. The molecule has 8 nitrogen and oxygen atoms in total. The smallest absolute Gasteiger partial charge is 0.307 e. The van der Waals surface area contributed by atoms with E-state index in [0.29, 0.717) is 79.2 Å². The Labute approximate surface area is 284 Å². The van der Waals surface area contributed by atoms with Gasteiger partial charge in [-0.1, -0.05) is 60.7 Å². The van der Waals surface area contributed by atoms with E-state index in [4.69, 9.17) is 5.73 Å². The van der Waals surface area contributed by atoms with Gasteiger partial charge in [-0.05, 0) is 66.4 Å². The fourth-order valence-corrected chi connectivity index (χ4v) is 7.58. The predicted octanol–water partition coefficient (Wildman–Crippen LogP) is 7.69. The van der Waals surface area contributed by atoms with Crippen LogP contribution in [0.3, 0.4) is 0 Å². The molecule has 3 heterocycles. The number of aliphatic carboxylic acids is 1. The van der Waals surface area contributed by atoms with E-state index in [1.807, 2.05) is 41.0 Å². The van der Waals surface area contributed by atoms with Crippen LogP contribution in [0, 0.1) is 5.82 Å². The first kappa shape index (κ1) is 31.7. The van der Waals surface area contributed by atoms with Gasteiger partial charge in [-0.15, -0.1) is 11.3 Å². The average Bonchev–Trinajstić information content (AvgIpc) is 3.72. The summed E-state index contributed by atoms with van der Waals surface area (Å²) in [5.74, 6) is -2.37. The SMILES string of the molecule is Nc1cccc(-c2sc(C(=O)c3ccc4c(F)c(-c5ccccc5)n(CCCCN5C(=O)c6ccccc6C5=O)c4c3)cc2CC(=O)O)c1. The van der Waals surface area contributed by atoms with E-state index in [9.17, 15) is 24.3 Å². The lowest BCUT2D eigenvalue weighted by atomic mass is 10.0. The highest BCUT2D eigenvalue weighted by Crippen LogP contribution is 2.37. The molecule has 0 saturated heterocycles. The Bertz CT molecular complexity index is 2260. The van der Waals surface area contributed by atoms with Gasteiger partial charge in [-0.25, -0.2) is 4.39 Å². The number of nitrogens with zero attached hydrogens (tertiary/aromatic N) is 2. The monoisotopic (exact) mass is 671 g/mol. The molecule has 4 aromatic carbocycles. The van der Waals surface area contributed by atoms with Gasteiger partial charge in [-0.3, -0.25) is 24.1 Å². The summed E-state index contributed by atoms with van der Waals surface area (Å²) in [6.45, 7) is 0.595. The van der Waals surface area contributed by atoms with Crippen LogP contribution >= 0.6 is 11.3 Å². The highest BCUT2D eigenvalue weighted by molar-refractivity contribution is 7.17. The molecule has 244 valence electrons. The Hall–Kier alpha value is -5.87. The number of hydrogen-bond acceptors (Lipinski definition) is 6. The number of aryl methyl sites for hydroxylation is 1. The number of ketones is 1. The van der Waals surface area contributed by atoms with E-state index in [1.165, 1.54) is 16.2 Å². The molecule has 0 atom stereocenters. The largest absolute Gasteiger partial charge is 0.481 e. The van der Waals surface area contributed by atoms with Crippen molar-refractivity contribution >= 4 is 51.5 Å². The fourth-order valence-electron chi connectivity index (χ4n) is 6.44. The number of carboxylic acid groups (broad SMARTS) is 1. The molecule has 6 aromatic rings. The highest BCUT2D eigenvalue weighted by Gasteiger charge is 2.34. The summed E-state index contributed by atoms with van der Waals surface area (Å²) in [4.78, 5) is 53.6. The van der Waals surface area contributed by atoms with Crippen LogP contribution in [0.25, 0.3) is 32.6 Å². The highest BCUT2D eigenvalue weighted by atomic mass is 32.1. The molecule has 0 saturated carbocycles. The number of benzene rings is 4. The van der Waals surface area contributed by atoms with Crippen LogP contribution in [0.4, 0.5) is 10.1 Å². The van der Waals surface area contributed by atoms with E-state index >= 15 is 4.39 Å². The van der Waals surface area contributed by atoms with Crippen molar-refractivity contribution in [2.45, 2.75) is 25.8 Å². The Kier molecular flexibility index (Phi) is 8.39. The number of thiophene rings is 1. The molecule has 49 heavy (non-hydrogen) atoms. The van der Waals surface area contributed by atoms with Crippen LogP contribution in [0.1, 0.15) is 54.4 Å². The summed E-state index contributed by atoms with van der Waals surface area (Å²) in [7, 11) is 0. The van der Waals surface area contributed by atoms with Gasteiger partial charge in [0, 0.05) is 40.2 Å². The third kappa shape index (κ3) is 5.91. The van der Waals surface area contributed by atoms with Crippen LogP contribution in [0.15, 0.2) is 103 Å². The molecule has 0 fully saturated rings. The van der Waals surface area contributed by atoms with E-state index in [-0.39, 0.29) is 30.6 Å². The molecule has 2 aromatic heterocycles. The lowest BCUT2D eigenvalue weighted by Crippen LogP contribution is -2.30. The van der Waals surface area contributed by atoms with Crippen LogP contribution in [-0.4, -0.2) is 44.7 Å². The number of nitrogen functional groups attached to an aromatic ring is 1. The van der Waals surface area contributed by atoms with Gasteiger partial charge in [0.05, 0.1) is 33.6 Å². The summed E-state index contributed by atoms with van der Waals surface area (Å²) in [6.07, 6.45) is 0.762. The maximum Gasteiger partial charge on any atom is 0.307 e. The van der Waals surface area contributed by atoms with Crippen molar-refractivity contribution in [1.29, 1.82) is 0 Å². The first-order valence-electron chi connectivity index (χ1n) is 15.8. The second-order valence-corrected chi connectivity index (χ2v) is 13.0. The number of hydrogen-bond donors (Lipinski definition) is 2. The molecule has 1 aliphatic heterocycles. The number of nitrogens with two attached hydrogens (primary N) is 1. The summed E-state index contributed by atoms with van der Waals surface area (Å²) in [5.41, 5.74) is 10.4. The zero-order chi connectivity index (χ0) is 34.2. The van der Waals surface area contributed by atoms with Crippen molar-refractivity contribution in [3.05, 3.63) is 136 Å². The lowest BCUT2D eigenvalue weighted by molar-refractivity contribution is -0.136. The fraction of sp³-hybridized carbons (Fsp3) is 0.128. The number of imide groups is 1. The summed E-state index contributed by atoms with van der Waals surface area (Å²) in [5, 5.41) is 9.92. The number of fused-ring (bicyclic) bond motifs is 2. The molecule has 0 bridgehead atoms. The van der Waals surface area contributed by atoms with Gasteiger partial charge in [0.15, 0.2) is 5.82 Å². The Morgan fingerprint density at radius 3 is 2.14 bits per heavy atom. The molecule has 1 aliphatic rings. The Morgan fingerprint density at radius 1 is 0.776 bits per heavy atom. The van der Waals surface area contributed by atoms with E-state index < -0.39 is 11.8 Å². The van der Waals surface area contributed by atoms with Crippen LogP contribution < -0.4 is 5.73 Å². The standard InChI is InChI=1S/C39H30FN3O5S/c40-34-30-16-15-24(36(46)32-21-26(22-33(44)45)37(49-32)25-11-8-12-27(41)19-25)20-31(30)42(35(34)23-9-2-1-3-10-23)17-6-7-18-43-38(47)28-13-4-5-14-29(28)39(43)48/h1-5,8-16,19-21H,6-7,17-18,22,41H2,(H,44,45). The first-order chi connectivity index (χ1) is 23.7. The quantitative estimate of drug-likeness (QED) is 0.0630.